The van der Waals surface area contributed by atoms with Gasteiger partial charge in [-0.15, -0.1) is 0 Å². The zero-order chi connectivity index (χ0) is 10.7. The topological polar surface area (TPSA) is 29.9 Å². The molecule has 0 spiro atoms. The minimum atomic E-state index is 0.474. The van der Waals surface area contributed by atoms with Crippen LogP contribution in [0.5, 0.6) is 0 Å². The van der Waals surface area contributed by atoms with Crippen LogP contribution < -0.4 is 5.32 Å². The first kappa shape index (κ1) is 11.5. The molecule has 3 nitrogen and oxygen atoms in total. The standard InChI is InChI=1S/C10H18ClN3/c1-5-8(12-3)6-9-10(11)7(2)13-14(9)4/h8,12H,5-6H2,1-4H3. The Morgan fingerprint density at radius 2 is 2.21 bits per heavy atom. The van der Waals surface area contributed by atoms with Crippen molar-refractivity contribution < 1.29 is 0 Å². The van der Waals surface area contributed by atoms with Crippen molar-refractivity contribution in [2.45, 2.75) is 32.7 Å². The van der Waals surface area contributed by atoms with Crippen molar-refractivity contribution in [1.29, 1.82) is 0 Å². The molecule has 0 radical (unpaired) electrons. The van der Waals surface area contributed by atoms with E-state index in [2.05, 4.69) is 17.3 Å². The fourth-order valence-electron chi connectivity index (χ4n) is 1.59. The minimum absolute atomic E-state index is 0.474. The number of hydrogen-bond donors (Lipinski definition) is 1. The molecule has 1 aromatic rings. The quantitative estimate of drug-likeness (QED) is 0.832. The van der Waals surface area contributed by atoms with Crippen molar-refractivity contribution >= 4 is 11.6 Å². The van der Waals surface area contributed by atoms with E-state index in [-0.39, 0.29) is 0 Å². The summed E-state index contributed by atoms with van der Waals surface area (Å²) in [7, 11) is 3.92. The highest BCUT2D eigenvalue weighted by Gasteiger charge is 2.14. The van der Waals surface area contributed by atoms with Gasteiger partial charge in [-0.25, -0.2) is 0 Å². The molecule has 0 fully saturated rings. The summed E-state index contributed by atoms with van der Waals surface area (Å²) in [5, 5.41) is 8.36. The smallest absolute Gasteiger partial charge is 0.0847 e. The Labute approximate surface area is 90.4 Å². The summed E-state index contributed by atoms with van der Waals surface area (Å²) < 4.78 is 1.87. The Morgan fingerprint density at radius 1 is 1.57 bits per heavy atom. The summed E-state index contributed by atoms with van der Waals surface area (Å²) in [5.74, 6) is 0. The highest BCUT2D eigenvalue weighted by molar-refractivity contribution is 6.31. The fourth-order valence-corrected chi connectivity index (χ4v) is 1.82. The second-order valence-electron chi connectivity index (χ2n) is 3.57. The Morgan fingerprint density at radius 3 is 2.57 bits per heavy atom. The largest absolute Gasteiger partial charge is 0.317 e. The van der Waals surface area contributed by atoms with Gasteiger partial charge in [0.05, 0.1) is 16.4 Å². The van der Waals surface area contributed by atoms with Gasteiger partial charge >= 0.3 is 0 Å². The van der Waals surface area contributed by atoms with Gasteiger partial charge in [-0.05, 0) is 20.4 Å². The molecule has 14 heavy (non-hydrogen) atoms. The maximum absolute atomic E-state index is 6.16. The Balaban J connectivity index is 2.84. The van der Waals surface area contributed by atoms with Crippen molar-refractivity contribution in [2.75, 3.05) is 7.05 Å². The molecule has 4 heteroatoms. The van der Waals surface area contributed by atoms with Crippen molar-refractivity contribution in [3.05, 3.63) is 16.4 Å². The number of nitrogens with zero attached hydrogens (tertiary/aromatic N) is 2. The highest BCUT2D eigenvalue weighted by Crippen LogP contribution is 2.21. The van der Waals surface area contributed by atoms with Crippen LogP contribution in [0.25, 0.3) is 0 Å². The van der Waals surface area contributed by atoms with E-state index in [0.29, 0.717) is 6.04 Å². The van der Waals surface area contributed by atoms with Crippen molar-refractivity contribution in [3.8, 4) is 0 Å². The lowest BCUT2D eigenvalue weighted by Crippen LogP contribution is -2.27. The van der Waals surface area contributed by atoms with Gasteiger partial charge < -0.3 is 5.32 Å². The van der Waals surface area contributed by atoms with E-state index in [1.165, 1.54) is 0 Å². The minimum Gasteiger partial charge on any atom is -0.317 e. The summed E-state index contributed by atoms with van der Waals surface area (Å²) in [6.45, 7) is 4.10. The van der Waals surface area contributed by atoms with Crippen molar-refractivity contribution in [1.82, 2.24) is 15.1 Å². The number of nitrogens with one attached hydrogen (secondary N) is 1. The zero-order valence-electron chi connectivity index (χ0n) is 9.26. The second-order valence-corrected chi connectivity index (χ2v) is 3.95. The van der Waals surface area contributed by atoms with Crippen LogP contribution in [0, 0.1) is 6.92 Å². The van der Waals surface area contributed by atoms with E-state index in [1.807, 2.05) is 25.7 Å². The number of hydrogen-bond acceptors (Lipinski definition) is 2. The first-order valence-electron chi connectivity index (χ1n) is 4.95. The number of likely N-dealkylation sites (N-methyl/N-ethyl adjacent to an activating group) is 1. The molecule has 1 aromatic heterocycles. The van der Waals surface area contributed by atoms with Crippen LogP contribution in [-0.4, -0.2) is 22.9 Å². The van der Waals surface area contributed by atoms with Crippen molar-refractivity contribution in [3.63, 3.8) is 0 Å². The van der Waals surface area contributed by atoms with Crippen LogP contribution in [0.2, 0.25) is 5.02 Å². The van der Waals surface area contributed by atoms with Crippen LogP contribution in [0.1, 0.15) is 24.7 Å². The van der Waals surface area contributed by atoms with E-state index in [1.54, 1.807) is 0 Å². The lowest BCUT2D eigenvalue weighted by molar-refractivity contribution is 0.522. The molecule has 0 bridgehead atoms. The first-order valence-corrected chi connectivity index (χ1v) is 5.33. The maximum atomic E-state index is 6.16. The summed E-state index contributed by atoms with van der Waals surface area (Å²) in [6.07, 6.45) is 2.03. The van der Waals surface area contributed by atoms with Gasteiger partial charge in [0, 0.05) is 19.5 Å². The molecular formula is C10H18ClN3. The van der Waals surface area contributed by atoms with Gasteiger partial charge in [0.25, 0.3) is 0 Å². The summed E-state index contributed by atoms with van der Waals surface area (Å²) in [6, 6.07) is 0.474. The average Bonchev–Trinajstić information content (AvgIpc) is 2.40. The number of aryl methyl sites for hydroxylation is 2. The van der Waals surface area contributed by atoms with Gasteiger partial charge in [0.15, 0.2) is 0 Å². The third kappa shape index (κ3) is 2.28. The maximum Gasteiger partial charge on any atom is 0.0847 e. The Bertz CT molecular complexity index is 303. The Hall–Kier alpha value is -0.540. The third-order valence-corrected chi connectivity index (χ3v) is 3.09. The van der Waals surface area contributed by atoms with Gasteiger partial charge in [0.2, 0.25) is 0 Å². The number of rotatable bonds is 4. The Kier molecular flexibility index (Phi) is 3.96. The summed E-state index contributed by atoms with van der Waals surface area (Å²) >= 11 is 6.16. The molecular weight excluding hydrogens is 198 g/mol. The number of aromatic nitrogens is 2. The summed E-state index contributed by atoms with van der Waals surface area (Å²) in [5.41, 5.74) is 2.03. The van der Waals surface area contributed by atoms with Crippen molar-refractivity contribution in [2.24, 2.45) is 7.05 Å². The second kappa shape index (κ2) is 4.80. The lowest BCUT2D eigenvalue weighted by atomic mass is 10.1. The molecule has 0 saturated heterocycles. The van der Waals surface area contributed by atoms with Crippen LogP contribution >= 0.6 is 11.6 Å². The monoisotopic (exact) mass is 215 g/mol. The van der Waals surface area contributed by atoms with Gasteiger partial charge in [-0.1, -0.05) is 18.5 Å². The predicted octanol–water partition coefficient (Wildman–Crippen LogP) is 1.92. The van der Waals surface area contributed by atoms with E-state index in [9.17, 15) is 0 Å². The molecule has 80 valence electrons. The van der Waals surface area contributed by atoms with E-state index in [4.69, 9.17) is 11.6 Å². The molecule has 0 aliphatic heterocycles. The first-order chi connectivity index (χ1) is 6.60. The van der Waals surface area contributed by atoms with Crippen LogP contribution in [0.15, 0.2) is 0 Å². The fraction of sp³-hybridized carbons (Fsp3) is 0.700. The normalized spacial score (nSPS) is 13.2. The van der Waals surface area contributed by atoms with Gasteiger partial charge in [-0.3, -0.25) is 4.68 Å². The van der Waals surface area contributed by atoms with Crippen LogP contribution in [0.4, 0.5) is 0 Å². The molecule has 0 aliphatic rings. The number of halogens is 1. The molecule has 0 aliphatic carbocycles. The highest BCUT2D eigenvalue weighted by atomic mass is 35.5. The SMILES string of the molecule is CCC(Cc1c(Cl)c(C)nn1C)NC. The van der Waals surface area contributed by atoms with E-state index < -0.39 is 0 Å². The van der Waals surface area contributed by atoms with E-state index >= 15 is 0 Å². The average molecular weight is 216 g/mol. The van der Waals surface area contributed by atoms with Gasteiger partial charge in [-0.2, -0.15) is 5.10 Å². The molecule has 0 aromatic carbocycles. The molecule has 1 N–H and O–H groups in total. The van der Waals surface area contributed by atoms with Gasteiger partial charge in [0.1, 0.15) is 0 Å². The molecule has 0 amide bonds. The molecule has 1 heterocycles. The molecule has 1 rings (SSSR count). The lowest BCUT2D eigenvalue weighted by Gasteiger charge is -2.13. The summed E-state index contributed by atoms with van der Waals surface area (Å²) in [4.78, 5) is 0. The van der Waals surface area contributed by atoms with Crippen LogP contribution in [0.3, 0.4) is 0 Å². The molecule has 1 atom stereocenters. The zero-order valence-corrected chi connectivity index (χ0v) is 10.0. The third-order valence-electron chi connectivity index (χ3n) is 2.60. The van der Waals surface area contributed by atoms with E-state index in [0.717, 1.165) is 29.3 Å². The molecule has 0 saturated carbocycles. The predicted molar refractivity (Wildman–Crippen MR) is 59.8 cm³/mol. The molecule has 1 unspecified atom stereocenters. The van der Waals surface area contributed by atoms with Crippen LogP contribution in [-0.2, 0) is 13.5 Å².